The van der Waals surface area contributed by atoms with Crippen LogP contribution in [0.1, 0.15) is 22.5 Å². The lowest BCUT2D eigenvalue weighted by atomic mass is 10.1. The van der Waals surface area contributed by atoms with Gasteiger partial charge in [0.25, 0.3) is 5.19 Å². The number of nitrogens with zero attached hydrogens (tertiary/aromatic N) is 2. The highest BCUT2D eigenvalue weighted by molar-refractivity contribution is 7.07. The normalized spacial score (nSPS) is 10.6. The van der Waals surface area contributed by atoms with Crippen LogP contribution in [0.25, 0.3) is 0 Å². The Morgan fingerprint density at radius 1 is 0.968 bits per heavy atom. The van der Waals surface area contributed by atoms with Crippen LogP contribution in [0.5, 0.6) is 10.9 Å². The second-order valence-electron chi connectivity index (χ2n) is 7.12. The molecule has 0 atom stereocenters. The zero-order valence-corrected chi connectivity index (χ0v) is 17.7. The van der Waals surface area contributed by atoms with Crippen molar-refractivity contribution in [3.8, 4) is 10.9 Å². The molecule has 4 aromatic rings. The van der Waals surface area contributed by atoms with E-state index in [9.17, 15) is 9.18 Å². The smallest absolute Gasteiger partial charge is 0.298 e. The Labute approximate surface area is 183 Å². The zero-order chi connectivity index (χ0) is 21.6. The maximum absolute atomic E-state index is 13.0. The number of ether oxygens (including phenoxy) is 1. The number of nitrogens with one attached hydrogen (secondary N) is 1. The largest absolute Gasteiger partial charge is 0.430 e. The first-order chi connectivity index (χ1) is 15.0. The summed E-state index contributed by atoms with van der Waals surface area (Å²) in [5.41, 5.74) is 3.74. The molecule has 156 valence electrons. The molecule has 1 amide bonds. The maximum Gasteiger partial charge on any atom is 0.298 e. The van der Waals surface area contributed by atoms with Gasteiger partial charge in [0.15, 0.2) is 5.82 Å². The molecule has 0 radical (unpaired) electrons. The molecule has 4 rings (SSSR count). The van der Waals surface area contributed by atoms with Crippen molar-refractivity contribution in [2.45, 2.75) is 19.8 Å². The fraction of sp³-hybridized carbons (Fsp3) is 0.125. The molecule has 1 heterocycles. The van der Waals surface area contributed by atoms with Gasteiger partial charge in [0.1, 0.15) is 11.6 Å². The second kappa shape index (κ2) is 9.49. The predicted molar refractivity (Wildman–Crippen MR) is 119 cm³/mol. The highest BCUT2D eigenvalue weighted by Gasteiger charge is 2.09. The van der Waals surface area contributed by atoms with E-state index in [1.165, 1.54) is 12.1 Å². The number of anilines is 1. The van der Waals surface area contributed by atoms with E-state index in [4.69, 9.17) is 4.74 Å². The summed E-state index contributed by atoms with van der Waals surface area (Å²) in [5, 5.41) is 3.32. The number of carbonyl (C=O) groups is 1. The number of aromatic nitrogens is 2. The number of aryl methyl sites for hydroxylation is 1. The second-order valence-corrected chi connectivity index (χ2v) is 7.83. The van der Waals surface area contributed by atoms with E-state index >= 15 is 0 Å². The van der Waals surface area contributed by atoms with Crippen LogP contribution in [-0.2, 0) is 17.6 Å². The first-order valence-corrected chi connectivity index (χ1v) is 10.5. The van der Waals surface area contributed by atoms with E-state index in [0.29, 0.717) is 23.2 Å². The zero-order valence-electron chi connectivity index (χ0n) is 16.8. The fourth-order valence-corrected chi connectivity index (χ4v) is 3.51. The van der Waals surface area contributed by atoms with Gasteiger partial charge in [-0.05, 0) is 54.4 Å². The van der Waals surface area contributed by atoms with Crippen LogP contribution in [0.2, 0.25) is 0 Å². The van der Waals surface area contributed by atoms with Crippen molar-refractivity contribution in [1.29, 1.82) is 0 Å². The maximum atomic E-state index is 13.0. The third kappa shape index (κ3) is 5.96. The van der Waals surface area contributed by atoms with Crippen molar-refractivity contribution in [3.63, 3.8) is 0 Å². The number of halogens is 1. The van der Waals surface area contributed by atoms with Crippen LogP contribution in [0.15, 0.2) is 72.8 Å². The van der Waals surface area contributed by atoms with Gasteiger partial charge in [0.2, 0.25) is 5.91 Å². The van der Waals surface area contributed by atoms with Gasteiger partial charge >= 0.3 is 0 Å². The lowest BCUT2D eigenvalue weighted by Gasteiger charge is -2.06. The number of hydrogen-bond donors (Lipinski definition) is 1. The number of carbonyl (C=O) groups excluding carboxylic acids is 1. The summed E-state index contributed by atoms with van der Waals surface area (Å²) in [7, 11) is 0. The molecule has 0 unspecified atom stereocenters. The van der Waals surface area contributed by atoms with Crippen LogP contribution in [-0.4, -0.2) is 15.3 Å². The molecule has 1 aromatic heterocycles. The topological polar surface area (TPSA) is 64.1 Å². The van der Waals surface area contributed by atoms with Crippen LogP contribution >= 0.6 is 11.5 Å². The molecule has 7 heteroatoms. The molecule has 0 aliphatic rings. The van der Waals surface area contributed by atoms with Gasteiger partial charge in [-0.25, -0.2) is 4.39 Å². The number of benzene rings is 3. The number of amides is 1. The molecular weight excluding hydrogens is 413 g/mol. The van der Waals surface area contributed by atoms with Crippen LogP contribution < -0.4 is 10.1 Å². The SMILES string of the molecule is Cc1ccc(NC(=O)Cc2ccc(Oc3nc(Cc4ccc(F)cc4)ns3)cc2)cc1. The van der Waals surface area contributed by atoms with Gasteiger partial charge in [-0.2, -0.15) is 9.36 Å². The van der Waals surface area contributed by atoms with E-state index in [-0.39, 0.29) is 18.1 Å². The van der Waals surface area contributed by atoms with Gasteiger partial charge in [0.05, 0.1) is 6.42 Å². The van der Waals surface area contributed by atoms with Gasteiger partial charge in [-0.3, -0.25) is 4.79 Å². The average molecular weight is 434 g/mol. The first kappa shape index (κ1) is 20.7. The van der Waals surface area contributed by atoms with E-state index in [2.05, 4.69) is 14.7 Å². The molecule has 0 fully saturated rings. The molecule has 0 saturated carbocycles. The Bertz CT molecular complexity index is 1160. The summed E-state index contributed by atoms with van der Waals surface area (Å²) in [6.45, 7) is 2.00. The molecule has 5 nitrogen and oxygen atoms in total. The summed E-state index contributed by atoms with van der Waals surface area (Å²) in [4.78, 5) is 16.6. The summed E-state index contributed by atoms with van der Waals surface area (Å²) in [6.07, 6.45) is 0.782. The summed E-state index contributed by atoms with van der Waals surface area (Å²) in [5.74, 6) is 0.894. The Kier molecular flexibility index (Phi) is 6.33. The molecule has 3 aromatic carbocycles. The Morgan fingerprint density at radius 2 is 1.65 bits per heavy atom. The van der Waals surface area contributed by atoms with Crippen LogP contribution in [0, 0.1) is 12.7 Å². The molecule has 0 saturated heterocycles. The fourth-order valence-electron chi connectivity index (χ4n) is 2.94. The third-order valence-electron chi connectivity index (χ3n) is 4.55. The minimum absolute atomic E-state index is 0.0768. The van der Waals surface area contributed by atoms with Crippen molar-refractivity contribution < 1.29 is 13.9 Å². The molecule has 1 N–H and O–H groups in total. The molecular formula is C24H20FN3O2S. The van der Waals surface area contributed by atoms with Gasteiger partial charge in [-0.15, -0.1) is 0 Å². The van der Waals surface area contributed by atoms with E-state index in [1.54, 1.807) is 24.3 Å². The van der Waals surface area contributed by atoms with Crippen LogP contribution in [0.4, 0.5) is 10.1 Å². The van der Waals surface area contributed by atoms with Gasteiger partial charge in [0, 0.05) is 23.6 Å². The molecule has 0 spiro atoms. The monoisotopic (exact) mass is 433 g/mol. The summed E-state index contributed by atoms with van der Waals surface area (Å²) in [6, 6.07) is 21.3. The minimum Gasteiger partial charge on any atom is -0.430 e. The van der Waals surface area contributed by atoms with Crippen molar-refractivity contribution in [1.82, 2.24) is 9.36 Å². The minimum atomic E-state index is -0.268. The molecule has 31 heavy (non-hydrogen) atoms. The quantitative estimate of drug-likeness (QED) is 0.415. The lowest BCUT2D eigenvalue weighted by molar-refractivity contribution is -0.115. The molecule has 0 aliphatic heterocycles. The highest BCUT2D eigenvalue weighted by atomic mass is 32.1. The highest BCUT2D eigenvalue weighted by Crippen LogP contribution is 2.24. The van der Waals surface area contributed by atoms with Crippen molar-refractivity contribution in [3.05, 3.63) is 101 Å². The van der Waals surface area contributed by atoms with Crippen molar-refractivity contribution in [2.75, 3.05) is 5.32 Å². The summed E-state index contributed by atoms with van der Waals surface area (Å²) < 4.78 is 23.1. The third-order valence-corrected chi connectivity index (χ3v) is 5.19. The summed E-state index contributed by atoms with van der Waals surface area (Å²) >= 11 is 1.16. The first-order valence-electron chi connectivity index (χ1n) is 9.74. The van der Waals surface area contributed by atoms with Crippen molar-refractivity contribution in [2.24, 2.45) is 0 Å². The number of hydrogen-bond acceptors (Lipinski definition) is 5. The van der Waals surface area contributed by atoms with Gasteiger partial charge < -0.3 is 10.1 Å². The Balaban J connectivity index is 1.31. The standard InChI is InChI=1S/C24H20FN3O2S/c1-16-2-10-20(11-3-16)26-23(29)15-18-6-12-21(13-7-18)30-24-27-22(28-31-24)14-17-4-8-19(25)9-5-17/h2-13H,14-15H2,1H3,(H,26,29). The molecule has 0 aliphatic carbocycles. The average Bonchev–Trinajstić information content (AvgIpc) is 3.19. The Hall–Kier alpha value is -3.58. The predicted octanol–water partition coefficient (Wildman–Crippen LogP) is 5.55. The van der Waals surface area contributed by atoms with E-state index in [0.717, 1.165) is 33.9 Å². The number of rotatable bonds is 7. The van der Waals surface area contributed by atoms with Crippen molar-refractivity contribution >= 4 is 23.1 Å². The lowest BCUT2D eigenvalue weighted by Crippen LogP contribution is -2.14. The Morgan fingerprint density at radius 3 is 2.35 bits per heavy atom. The van der Waals surface area contributed by atoms with E-state index in [1.807, 2.05) is 43.3 Å². The van der Waals surface area contributed by atoms with Crippen LogP contribution in [0.3, 0.4) is 0 Å². The molecule has 0 bridgehead atoms. The van der Waals surface area contributed by atoms with E-state index < -0.39 is 0 Å². The van der Waals surface area contributed by atoms with Gasteiger partial charge in [-0.1, -0.05) is 42.0 Å².